The number of carbonyl (C=O) groups excluding carboxylic acids is 1. The van der Waals surface area contributed by atoms with E-state index in [1.54, 1.807) is 14.0 Å². The molecule has 0 atom stereocenters. The molecule has 0 aliphatic rings. The van der Waals surface area contributed by atoms with Gasteiger partial charge in [-0.2, -0.15) is 0 Å². The molecule has 5 heteroatoms. The molecule has 0 spiro atoms. The molecule has 0 radical (unpaired) electrons. The first-order valence-electron chi connectivity index (χ1n) is 4.61. The predicted octanol–water partition coefficient (Wildman–Crippen LogP) is 3.46. The maximum atomic E-state index is 11.3. The third kappa shape index (κ3) is 1.70. The highest BCUT2D eigenvalue weighted by Crippen LogP contribution is 2.40. The van der Waals surface area contributed by atoms with Crippen LogP contribution >= 0.6 is 27.3 Å². The highest BCUT2D eigenvalue weighted by atomic mass is 79.9. The Kier molecular flexibility index (Phi) is 2.90. The number of carbonyl (C=O) groups is 1. The molecule has 0 aliphatic carbocycles. The van der Waals surface area contributed by atoms with Gasteiger partial charge in [-0.25, -0.2) is 0 Å². The maximum absolute atomic E-state index is 11.3. The Bertz CT molecular complexity index is 577. The highest BCUT2D eigenvalue weighted by molar-refractivity contribution is 9.10. The van der Waals surface area contributed by atoms with E-state index in [0.29, 0.717) is 11.4 Å². The standard InChI is InChI=1S/C11H10BrNO2S/c1-5(14)8-3-6-9(16-8)4-7(15-2)11(13)10(6)12/h3-4H,13H2,1-2H3. The molecule has 2 aromatic rings. The number of methoxy groups -OCH3 is 1. The molecule has 1 aromatic carbocycles. The van der Waals surface area contributed by atoms with Gasteiger partial charge < -0.3 is 10.5 Å². The van der Waals surface area contributed by atoms with E-state index in [4.69, 9.17) is 10.5 Å². The van der Waals surface area contributed by atoms with Gasteiger partial charge in [-0.05, 0) is 28.9 Å². The summed E-state index contributed by atoms with van der Waals surface area (Å²) < 4.78 is 6.94. The van der Waals surface area contributed by atoms with Gasteiger partial charge in [0.2, 0.25) is 0 Å². The van der Waals surface area contributed by atoms with Crippen LogP contribution in [0.2, 0.25) is 0 Å². The van der Waals surface area contributed by atoms with Crippen molar-refractivity contribution >= 4 is 48.8 Å². The lowest BCUT2D eigenvalue weighted by Crippen LogP contribution is -1.93. The number of Topliss-reactive ketones (excluding diaryl/α,β-unsaturated/α-hetero) is 1. The zero-order valence-corrected chi connectivity index (χ0v) is 11.2. The molecule has 3 nitrogen and oxygen atoms in total. The second-order valence-corrected chi connectivity index (χ2v) is 5.26. The number of rotatable bonds is 2. The fraction of sp³-hybridized carbons (Fsp3) is 0.182. The van der Waals surface area contributed by atoms with Gasteiger partial charge in [0.25, 0.3) is 0 Å². The van der Waals surface area contributed by atoms with Gasteiger partial charge in [0.05, 0.1) is 22.1 Å². The maximum Gasteiger partial charge on any atom is 0.169 e. The van der Waals surface area contributed by atoms with Crippen molar-refractivity contribution in [3.05, 3.63) is 21.5 Å². The average Bonchev–Trinajstić information content (AvgIpc) is 2.67. The second-order valence-electron chi connectivity index (χ2n) is 3.39. The van der Waals surface area contributed by atoms with Crippen molar-refractivity contribution < 1.29 is 9.53 Å². The molecule has 0 saturated carbocycles. The smallest absolute Gasteiger partial charge is 0.169 e. The summed E-state index contributed by atoms with van der Waals surface area (Å²) in [4.78, 5) is 12.0. The zero-order valence-electron chi connectivity index (χ0n) is 8.83. The lowest BCUT2D eigenvalue weighted by atomic mass is 10.2. The SMILES string of the molecule is COc1cc2sc(C(C)=O)cc2c(Br)c1N. The van der Waals surface area contributed by atoms with Crippen molar-refractivity contribution in [2.75, 3.05) is 12.8 Å². The summed E-state index contributed by atoms with van der Waals surface area (Å²) >= 11 is 4.87. The van der Waals surface area contributed by atoms with E-state index in [2.05, 4.69) is 15.9 Å². The molecule has 2 N–H and O–H groups in total. The predicted molar refractivity (Wildman–Crippen MR) is 70.5 cm³/mol. The van der Waals surface area contributed by atoms with Crippen LogP contribution in [0.3, 0.4) is 0 Å². The summed E-state index contributed by atoms with van der Waals surface area (Å²) in [7, 11) is 1.57. The monoisotopic (exact) mass is 299 g/mol. The van der Waals surface area contributed by atoms with Crippen molar-refractivity contribution in [3.8, 4) is 5.75 Å². The van der Waals surface area contributed by atoms with Gasteiger partial charge in [-0.1, -0.05) is 0 Å². The summed E-state index contributed by atoms with van der Waals surface area (Å²) in [5, 5.41) is 0.952. The average molecular weight is 300 g/mol. The quantitative estimate of drug-likeness (QED) is 0.682. The van der Waals surface area contributed by atoms with Crippen LogP contribution in [0.4, 0.5) is 5.69 Å². The number of fused-ring (bicyclic) bond motifs is 1. The minimum atomic E-state index is 0.0608. The Hall–Kier alpha value is -1.07. The summed E-state index contributed by atoms with van der Waals surface area (Å²) in [5.41, 5.74) is 6.45. The first-order valence-corrected chi connectivity index (χ1v) is 6.22. The van der Waals surface area contributed by atoms with E-state index in [1.807, 2.05) is 12.1 Å². The number of thiophene rings is 1. The number of hydrogen-bond donors (Lipinski definition) is 1. The van der Waals surface area contributed by atoms with Gasteiger partial charge in [0.15, 0.2) is 5.78 Å². The van der Waals surface area contributed by atoms with Crippen LogP contribution in [0.5, 0.6) is 5.75 Å². The summed E-state index contributed by atoms with van der Waals surface area (Å²) in [6.45, 7) is 1.55. The molecule has 2 rings (SSSR count). The molecular weight excluding hydrogens is 290 g/mol. The third-order valence-electron chi connectivity index (χ3n) is 2.33. The molecule has 1 aromatic heterocycles. The van der Waals surface area contributed by atoms with Gasteiger partial charge in [0.1, 0.15) is 5.75 Å². The number of ether oxygens (including phenoxy) is 1. The molecule has 16 heavy (non-hydrogen) atoms. The minimum Gasteiger partial charge on any atom is -0.495 e. The van der Waals surface area contributed by atoms with Crippen LogP contribution in [0.25, 0.3) is 10.1 Å². The molecule has 0 fully saturated rings. The molecule has 0 aliphatic heterocycles. The largest absolute Gasteiger partial charge is 0.495 e. The molecule has 1 heterocycles. The van der Waals surface area contributed by atoms with E-state index in [-0.39, 0.29) is 5.78 Å². The van der Waals surface area contributed by atoms with E-state index in [0.717, 1.165) is 19.4 Å². The number of nitrogen functional groups attached to an aromatic ring is 1. The fourth-order valence-corrected chi connectivity index (χ4v) is 3.13. The Morgan fingerprint density at radius 1 is 1.50 bits per heavy atom. The van der Waals surface area contributed by atoms with Crippen molar-refractivity contribution in [1.82, 2.24) is 0 Å². The van der Waals surface area contributed by atoms with Crippen LogP contribution in [-0.4, -0.2) is 12.9 Å². The van der Waals surface area contributed by atoms with E-state index in [1.165, 1.54) is 11.3 Å². The molecule has 0 bridgehead atoms. The van der Waals surface area contributed by atoms with Gasteiger partial charge in [0, 0.05) is 16.2 Å². The van der Waals surface area contributed by atoms with Crippen LogP contribution < -0.4 is 10.5 Å². The molecule has 0 saturated heterocycles. The van der Waals surface area contributed by atoms with Gasteiger partial charge in [-0.15, -0.1) is 11.3 Å². The summed E-state index contributed by atoms with van der Waals surface area (Å²) in [6, 6.07) is 3.70. The lowest BCUT2D eigenvalue weighted by Gasteiger charge is -2.06. The van der Waals surface area contributed by atoms with Crippen LogP contribution in [0, 0.1) is 0 Å². The number of hydrogen-bond acceptors (Lipinski definition) is 4. The fourth-order valence-electron chi connectivity index (χ4n) is 1.48. The summed E-state index contributed by atoms with van der Waals surface area (Å²) in [6.07, 6.45) is 0. The summed E-state index contributed by atoms with van der Waals surface area (Å²) in [5.74, 6) is 0.682. The van der Waals surface area contributed by atoms with Crippen molar-refractivity contribution in [2.45, 2.75) is 6.92 Å². The first kappa shape index (κ1) is 11.4. The van der Waals surface area contributed by atoms with Crippen molar-refractivity contribution in [1.29, 1.82) is 0 Å². The number of ketones is 1. The minimum absolute atomic E-state index is 0.0608. The van der Waals surface area contributed by atoms with Crippen LogP contribution in [-0.2, 0) is 0 Å². The zero-order chi connectivity index (χ0) is 11.9. The van der Waals surface area contributed by atoms with Crippen LogP contribution in [0.1, 0.15) is 16.6 Å². The Labute approximate surface area is 105 Å². The van der Waals surface area contributed by atoms with Gasteiger partial charge >= 0.3 is 0 Å². The van der Waals surface area contributed by atoms with Crippen molar-refractivity contribution in [3.63, 3.8) is 0 Å². The Balaban J connectivity index is 2.77. The molecule has 84 valence electrons. The van der Waals surface area contributed by atoms with Crippen LogP contribution in [0.15, 0.2) is 16.6 Å². The first-order chi connectivity index (χ1) is 7.54. The lowest BCUT2D eigenvalue weighted by molar-refractivity contribution is 0.102. The molecular formula is C11H10BrNO2S. The van der Waals surface area contributed by atoms with E-state index < -0.39 is 0 Å². The van der Waals surface area contributed by atoms with E-state index in [9.17, 15) is 4.79 Å². The Morgan fingerprint density at radius 3 is 2.75 bits per heavy atom. The van der Waals surface area contributed by atoms with Crippen molar-refractivity contribution in [2.24, 2.45) is 0 Å². The topological polar surface area (TPSA) is 52.3 Å². The third-order valence-corrected chi connectivity index (χ3v) is 4.37. The number of halogens is 1. The van der Waals surface area contributed by atoms with E-state index >= 15 is 0 Å². The number of nitrogens with two attached hydrogens (primary N) is 1. The molecule has 0 amide bonds. The number of benzene rings is 1. The Morgan fingerprint density at radius 2 is 2.19 bits per heavy atom. The second kappa shape index (κ2) is 4.07. The number of anilines is 1. The normalized spacial score (nSPS) is 10.7. The van der Waals surface area contributed by atoms with Gasteiger partial charge in [-0.3, -0.25) is 4.79 Å². The molecule has 0 unspecified atom stereocenters. The highest BCUT2D eigenvalue weighted by Gasteiger charge is 2.13.